The number of nitrogens with zero attached hydrogens (tertiary/aromatic N) is 1. The van der Waals surface area contributed by atoms with Gasteiger partial charge in [0.15, 0.2) is 0 Å². The smallest absolute Gasteiger partial charge is 0.0638 e. The van der Waals surface area contributed by atoms with E-state index in [0.29, 0.717) is 12.6 Å². The Bertz CT molecular complexity index is 417. The molecule has 2 rings (SSSR count). The topological polar surface area (TPSA) is 38.5 Å². The van der Waals surface area contributed by atoms with E-state index < -0.39 is 0 Å². The average Bonchev–Trinajstić information content (AvgIpc) is 2.44. The summed E-state index contributed by atoms with van der Waals surface area (Å²) < 4.78 is 5.55. The van der Waals surface area contributed by atoms with E-state index in [-0.39, 0.29) is 5.60 Å². The molecule has 0 fully saturated rings. The summed E-state index contributed by atoms with van der Waals surface area (Å²) >= 11 is 0. The van der Waals surface area contributed by atoms with Gasteiger partial charge in [-0.2, -0.15) is 0 Å². The molecule has 0 aliphatic carbocycles. The van der Waals surface area contributed by atoms with Crippen molar-refractivity contribution in [1.29, 1.82) is 0 Å². The van der Waals surface area contributed by atoms with Gasteiger partial charge in [0.2, 0.25) is 0 Å². The number of ether oxygens (including phenoxy) is 1. The van der Waals surface area contributed by atoms with Crippen LogP contribution in [0.4, 0.5) is 0 Å². The third-order valence-corrected chi connectivity index (χ3v) is 4.23. The molecule has 1 atom stereocenters. The zero-order chi connectivity index (χ0) is 13.9. The number of fused-ring (bicyclic) bond motifs is 1. The molecule has 3 nitrogen and oxygen atoms in total. The molecule has 1 aromatic rings. The van der Waals surface area contributed by atoms with E-state index in [1.54, 1.807) is 7.11 Å². The summed E-state index contributed by atoms with van der Waals surface area (Å²) in [6.45, 7) is 7.06. The van der Waals surface area contributed by atoms with Crippen molar-refractivity contribution in [3.63, 3.8) is 0 Å². The van der Waals surface area contributed by atoms with Crippen molar-refractivity contribution in [3.05, 3.63) is 35.4 Å². The van der Waals surface area contributed by atoms with Crippen LogP contribution in [0.5, 0.6) is 0 Å². The SMILES string of the molecule is COC(C)(C)CC(CN)N1CCc2ccccc2C1. The van der Waals surface area contributed by atoms with Crippen LogP contribution in [0.15, 0.2) is 24.3 Å². The Kier molecular flexibility index (Phi) is 4.61. The zero-order valence-corrected chi connectivity index (χ0v) is 12.4. The number of methoxy groups -OCH3 is 1. The number of rotatable bonds is 5. The molecule has 0 saturated heterocycles. The highest BCUT2D eigenvalue weighted by Gasteiger charge is 2.28. The van der Waals surface area contributed by atoms with Crippen molar-refractivity contribution in [2.45, 2.75) is 44.9 Å². The fourth-order valence-corrected chi connectivity index (χ4v) is 2.84. The first kappa shape index (κ1) is 14.5. The van der Waals surface area contributed by atoms with Crippen LogP contribution < -0.4 is 5.73 Å². The zero-order valence-electron chi connectivity index (χ0n) is 12.4. The Labute approximate surface area is 116 Å². The Balaban J connectivity index is 2.06. The molecule has 1 unspecified atom stereocenters. The quantitative estimate of drug-likeness (QED) is 0.884. The molecule has 0 saturated carbocycles. The highest BCUT2D eigenvalue weighted by molar-refractivity contribution is 5.29. The highest BCUT2D eigenvalue weighted by Crippen LogP contribution is 2.24. The molecule has 0 aromatic heterocycles. The van der Waals surface area contributed by atoms with E-state index in [9.17, 15) is 0 Å². The second-order valence-electron chi connectivity index (χ2n) is 6.05. The number of nitrogens with two attached hydrogens (primary N) is 1. The maximum atomic E-state index is 5.99. The Hall–Kier alpha value is -0.900. The van der Waals surface area contributed by atoms with Crippen LogP contribution in [0.2, 0.25) is 0 Å². The van der Waals surface area contributed by atoms with Crippen molar-refractivity contribution >= 4 is 0 Å². The van der Waals surface area contributed by atoms with Gasteiger partial charge in [0, 0.05) is 32.8 Å². The van der Waals surface area contributed by atoms with Gasteiger partial charge in [-0.25, -0.2) is 0 Å². The van der Waals surface area contributed by atoms with Gasteiger partial charge in [-0.15, -0.1) is 0 Å². The van der Waals surface area contributed by atoms with Gasteiger partial charge in [0.25, 0.3) is 0 Å². The standard InChI is InChI=1S/C16H26N2O/c1-16(2,19-3)10-15(11-17)18-9-8-13-6-4-5-7-14(13)12-18/h4-7,15H,8-12,17H2,1-3H3. The van der Waals surface area contributed by atoms with Gasteiger partial charge >= 0.3 is 0 Å². The summed E-state index contributed by atoms with van der Waals surface area (Å²) in [6.07, 6.45) is 2.10. The van der Waals surface area contributed by atoms with Crippen LogP contribution in [0.3, 0.4) is 0 Å². The fourth-order valence-electron chi connectivity index (χ4n) is 2.84. The Morgan fingerprint density at radius 2 is 2.00 bits per heavy atom. The Morgan fingerprint density at radius 1 is 1.32 bits per heavy atom. The molecule has 0 amide bonds. The average molecular weight is 262 g/mol. The molecule has 0 radical (unpaired) electrons. The monoisotopic (exact) mass is 262 g/mol. The lowest BCUT2D eigenvalue weighted by Crippen LogP contribution is -2.47. The predicted molar refractivity (Wildman–Crippen MR) is 79.1 cm³/mol. The summed E-state index contributed by atoms with van der Waals surface area (Å²) in [5, 5.41) is 0. The summed E-state index contributed by atoms with van der Waals surface area (Å²) in [7, 11) is 1.78. The van der Waals surface area contributed by atoms with Crippen molar-refractivity contribution < 1.29 is 4.74 Å². The van der Waals surface area contributed by atoms with E-state index in [1.807, 2.05) is 0 Å². The first-order valence-corrected chi connectivity index (χ1v) is 7.12. The number of hydrogen-bond donors (Lipinski definition) is 1. The van der Waals surface area contributed by atoms with Crippen molar-refractivity contribution in [1.82, 2.24) is 4.90 Å². The number of benzene rings is 1. The van der Waals surface area contributed by atoms with Crippen LogP contribution in [-0.4, -0.2) is 36.7 Å². The van der Waals surface area contributed by atoms with Gasteiger partial charge in [-0.05, 0) is 37.8 Å². The van der Waals surface area contributed by atoms with E-state index in [2.05, 4.69) is 43.0 Å². The lowest BCUT2D eigenvalue weighted by Gasteiger charge is -2.38. The van der Waals surface area contributed by atoms with Crippen LogP contribution in [0.1, 0.15) is 31.4 Å². The summed E-state index contributed by atoms with van der Waals surface area (Å²) in [5.74, 6) is 0. The molecular weight excluding hydrogens is 236 g/mol. The third-order valence-electron chi connectivity index (χ3n) is 4.23. The molecule has 1 aliphatic rings. The minimum absolute atomic E-state index is 0.110. The van der Waals surface area contributed by atoms with Gasteiger partial charge in [0.05, 0.1) is 5.60 Å². The second-order valence-corrected chi connectivity index (χ2v) is 6.05. The van der Waals surface area contributed by atoms with E-state index in [4.69, 9.17) is 10.5 Å². The first-order chi connectivity index (χ1) is 9.05. The van der Waals surface area contributed by atoms with Crippen LogP contribution in [0, 0.1) is 0 Å². The molecule has 1 heterocycles. The molecule has 0 bridgehead atoms. The minimum Gasteiger partial charge on any atom is -0.379 e. The van der Waals surface area contributed by atoms with E-state index in [1.165, 1.54) is 11.1 Å². The summed E-state index contributed by atoms with van der Waals surface area (Å²) in [5.41, 5.74) is 8.81. The van der Waals surface area contributed by atoms with Gasteiger partial charge in [0.1, 0.15) is 0 Å². The minimum atomic E-state index is -0.110. The molecular formula is C16H26N2O. The molecule has 1 aliphatic heterocycles. The van der Waals surface area contributed by atoms with Crippen molar-refractivity contribution in [3.8, 4) is 0 Å². The fraction of sp³-hybridized carbons (Fsp3) is 0.625. The Morgan fingerprint density at radius 3 is 2.63 bits per heavy atom. The molecule has 106 valence electrons. The summed E-state index contributed by atoms with van der Waals surface area (Å²) in [6, 6.07) is 9.12. The van der Waals surface area contributed by atoms with E-state index >= 15 is 0 Å². The van der Waals surface area contributed by atoms with E-state index in [0.717, 1.165) is 25.9 Å². The van der Waals surface area contributed by atoms with Crippen molar-refractivity contribution in [2.75, 3.05) is 20.2 Å². The maximum Gasteiger partial charge on any atom is 0.0638 e. The van der Waals surface area contributed by atoms with Crippen LogP contribution in [-0.2, 0) is 17.7 Å². The number of hydrogen-bond acceptors (Lipinski definition) is 3. The van der Waals surface area contributed by atoms with Gasteiger partial charge < -0.3 is 10.5 Å². The molecule has 0 spiro atoms. The second kappa shape index (κ2) is 6.04. The van der Waals surface area contributed by atoms with Crippen LogP contribution >= 0.6 is 0 Å². The maximum absolute atomic E-state index is 5.99. The van der Waals surface area contributed by atoms with Crippen LogP contribution in [0.25, 0.3) is 0 Å². The molecule has 1 aromatic carbocycles. The predicted octanol–water partition coefficient (Wildman–Crippen LogP) is 2.19. The first-order valence-electron chi connectivity index (χ1n) is 7.12. The molecule has 2 N–H and O–H groups in total. The molecule has 3 heteroatoms. The van der Waals surface area contributed by atoms with Crippen molar-refractivity contribution in [2.24, 2.45) is 5.73 Å². The molecule has 19 heavy (non-hydrogen) atoms. The lowest BCUT2D eigenvalue weighted by atomic mass is 9.94. The summed E-state index contributed by atoms with van der Waals surface area (Å²) in [4.78, 5) is 2.50. The normalized spacial score (nSPS) is 18.1. The highest BCUT2D eigenvalue weighted by atomic mass is 16.5. The largest absolute Gasteiger partial charge is 0.379 e. The van der Waals surface area contributed by atoms with Gasteiger partial charge in [-0.1, -0.05) is 24.3 Å². The lowest BCUT2D eigenvalue weighted by molar-refractivity contribution is -0.00958. The van der Waals surface area contributed by atoms with Gasteiger partial charge in [-0.3, -0.25) is 4.90 Å². The third kappa shape index (κ3) is 3.56.